The minimum atomic E-state index is -0.198. The maximum atomic E-state index is 12.4. The van der Waals surface area contributed by atoms with E-state index < -0.39 is 0 Å². The number of amides is 1. The second kappa shape index (κ2) is 10.5. The highest BCUT2D eigenvalue weighted by molar-refractivity contribution is 6.33. The molecule has 0 radical (unpaired) electrons. The largest absolute Gasteiger partial charge is 0.496 e. The van der Waals surface area contributed by atoms with Gasteiger partial charge in [-0.2, -0.15) is 0 Å². The van der Waals surface area contributed by atoms with Gasteiger partial charge in [-0.3, -0.25) is 9.69 Å². The van der Waals surface area contributed by atoms with Gasteiger partial charge in [-0.05, 0) is 24.6 Å². The van der Waals surface area contributed by atoms with Crippen molar-refractivity contribution in [2.45, 2.75) is 13.0 Å². The van der Waals surface area contributed by atoms with Crippen LogP contribution in [0.2, 0.25) is 5.02 Å². The fraction of sp³-hybridized carbons (Fsp3) is 0.409. The van der Waals surface area contributed by atoms with E-state index in [1.165, 1.54) is 12.7 Å². The van der Waals surface area contributed by atoms with E-state index >= 15 is 0 Å². The van der Waals surface area contributed by atoms with Crippen molar-refractivity contribution in [1.82, 2.24) is 15.1 Å². The molecule has 1 fully saturated rings. The molecule has 1 heterocycles. The zero-order valence-electron chi connectivity index (χ0n) is 16.9. The summed E-state index contributed by atoms with van der Waals surface area (Å²) in [7, 11) is 1.51. The van der Waals surface area contributed by atoms with Crippen LogP contribution >= 0.6 is 11.6 Å². The molecule has 1 amide bonds. The monoisotopic (exact) mass is 416 g/mol. The summed E-state index contributed by atoms with van der Waals surface area (Å²) >= 11 is 6.04. The van der Waals surface area contributed by atoms with E-state index in [4.69, 9.17) is 22.1 Å². The van der Waals surface area contributed by atoms with E-state index in [1.807, 2.05) is 0 Å². The Bertz CT molecular complexity index is 808. The zero-order valence-corrected chi connectivity index (χ0v) is 17.6. The molecule has 1 aliphatic heterocycles. The molecule has 0 aromatic heterocycles. The fourth-order valence-electron chi connectivity index (χ4n) is 3.53. The van der Waals surface area contributed by atoms with Gasteiger partial charge in [0.2, 0.25) is 0 Å². The van der Waals surface area contributed by atoms with Crippen LogP contribution in [0.4, 0.5) is 5.69 Å². The van der Waals surface area contributed by atoms with Crippen molar-refractivity contribution in [3.8, 4) is 5.75 Å². The van der Waals surface area contributed by atoms with Gasteiger partial charge < -0.3 is 20.7 Å². The van der Waals surface area contributed by atoms with E-state index in [0.29, 0.717) is 28.6 Å². The standard InChI is InChI=1S/C22H29ClN4O2/c1-29-21-15-20(24)19(23)14-18(21)22(28)25-8-5-9-26-10-12-27(13-11-26)16-17-6-3-2-4-7-17/h2-4,6-7,14-15H,5,8-13,16,24H2,1H3,(H,25,28). The van der Waals surface area contributed by atoms with Gasteiger partial charge in [0.05, 0.1) is 23.4 Å². The van der Waals surface area contributed by atoms with Crippen molar-refractivity contribution in [2.75, 3.05) is 52.1 Å². The molecule has 2 aromatic carbocycles. The Labute approximate surface area is 177 Å². The molecule has 7 heteroatoms. The van der Waals surface area contributed by atoms with Crippen molar-refractivity contribution in [1.29, 1.82) is 0 Å². The van der Waals surface area contributed by atoms with Crippen LogP contribution in [-0.2, 0) is 6.54 Å². The number of halogens is 1. The summed E-state index contributed by atoms with van der Waals surface area (Å²) in [5.74, 6) is 0.232. The predicted octanol–water partition coefficient (Wildman–Crippen LogP) is 2.87. The molecule has 156 valence electrons. The maximum absolute atomic E-state index is 12.4. The van der Waals surface area contributed by atoms with Gasteiger partial charge in [0.1, 0.15) is 5.75 Å². The van der Waals surface area contributed by atoms with E-state index in [1.54, 1.807) is 12.1 Å². The number of nitrogens with one attached hydrogen (secondary N) is 1. The molecule has 29 heavy (non-hydrogen) atoms. The molecule has 2 aromatic rings. The summed E-state index contributed by atoms with van der Waals surface area (Å²) in [5, 5.41) is 3.30. The molecule has 6 nitrogen and oxygen atoms in total. The Morgan fingerprint density at radius 2 is 1.83 bits per heavy atom. The number of piperazine rings is 1. The van der Waals surface area contributed by atoms with Gasteiger partial charge in [0, 0.05) is 45.3 Å². The van der Waals surface area contributed by atoms with E-state index in [-0.39, 0.29) is 5.91 Å². The molecular weight excluding hydrogens is 388 g/mol. The second-order valence-corrected chi connectivity index (χ2v) is 7.69. The van der Waals surface area contributed by atoms with Crippen LogP contribution in [0, 0.1) is 0 Å². The van der Waals surface area contributed by atoms with Gasteiger partial charge in [0.15, 0.2) is 0 Å². The number of nitrogens with zero attached hydrogens (tertiary/aromatic N) is 2. The van der Waals surface area contributed by atoms with Crippen molar-refractivity contribution in [3.63, 3.8) is 0 Å². The summed E-state index contributed by atoms with van der Waals surface area (Å²) in [6.07, 6.45) is 0.898. The molecule has 0 aliphatic carbocycles. The van der Waals surface area contributed by atoms with Crippen LogP contribution in [-0.4, -0.2) is 62.1 Å². The van der Waals surface area contributed by atoms with Crippen molar-refractivity contribution in [2.24, 2.45) is 0 Å². The minimum Gasteiger partial charge on any atom is -0.496 e. The Kier molecular flexibility index (Phi) is 7.75. The third-order valence-corrected chi connectivity index (χ3v) is 5.54. The van der Waals surface area contributed by atoms with E-state index in [2.05, 4.69) is 45.4 Å². The molecule has 3 N–H and O–H groups in total. The quantitative estimate of drug-likeness (QED) is 0.511. The molecule has 0 atom stereocenters. The van der Waals surface area contributed by atoms with Crippen molar-refractivity contribution in [3.05, 3.63) is 58.6 Å². The molecule has 0 saturated carbocycles. The lowest BCUT2D eigenvalue weighted by Gasteiger charge is -2.34. The summed E-state index contributed by atoms with van der Waals surface area (Å²) in [4.78, 5) is 17.4. The summed E-state index contributed by atoms with van der Waals surface area (Å²) in [5.41, 5.74) is 7.93. The van der Waals surface area contributed by atoms with Crippen LogP contribution in [0.25, 0.3) is 0 Å². The molecule has 0 spiro atoms. The first-order valence-corrected chi connectivity index (χ1v) is 10.3. The number of anilines is 1. The normalized spacial score (nSPS) is 15.2. The predicted molar refractivity (Wildman–Crippen MR) is 118 cm³/mol. The number of methoxy groups -OCH3 is 1. The topological polar surface area (TPSA) is 70.8 Å². The summed E-state index contributed by atoms with van der Waals surface area (Å²) in [6.45, 7) is 6.85. The number of hydrogen-bond donors (Lipinski definition) is 2. The number of rotatable bonds is 8. The minimum absolute atomic E-state index is 0.198. The second-order valence-electron chi connectivity index (χ2n) is 7.29. The van der Waals surface area contributed by atoms with Crippen LogP contribution < -0.4 is 15.8 Å². The third-order valence-electron chi connectivity index (χ3n) is 5.21. The SMILES string of the molecule is COc1cc(N)c(Cl)cc1C(=O)NCCCN1CCN(Cc2ccccc2)CC1. The Morgan fingerprint density at radius 3 is 2.52 bits per heavy atom. The first kappa shape index (κ1) is 21.4. The molecular formula is C22H29ClN4O2. The highest BCUT2D eigenvalue weighted by atomic mass is 35.5. The van der Waals surface area contributed by atoms with Gasteiger partial charge in [-0.15, -0.1) is 0 Å². The van der Waals surface area contributed by atoms with E-state index in [9.17, 15) is 4.79 Å². The van der Waals surface area contributed by atoms with Crippen molar-refractivity contribution < 1.29 is 9.53 Å². The number of benzene rings is 2. The third kappa shape index (κ3) is 6.10. The number of carbonyl (C=O) groups is 1. The lowest BCUT2D eigenvalue weighted by molar-refractivity contribution is 0.0944. The number of nitrogen functional groups attached to an aromatic ring is 1. The zero-order chi connectivity index (χ0) is 20.6. The van der Waals surface area contributed by atoms with Gasteiger partial charge >= 0.3 is 0 Å². The highest BCUT2D eigenvalue weighted by Crippen LogP contribution is 2.28. The van der Waals surface area contributed by atoms with Crippen LogP contribution in [0.5, 0.6) is 5.75 Å². The van der Waals surface area contributed by atoms with Gasteiger partial charge in [-0.1, -0.05) is 41.9 Å². The Hall–Kier alpha value is -2.28. The number of carbonyl (C=O) groups excluding carboxylic acids is 1. The number of hydrogen-bond acceptors (Lipinski definition) is 5. The average molecular weight is 417 g/mol. The summed E-state index contributed by atoms with van der Waals surface area (Å²) < 4.78 is 5.24. The van der Waals surface area contributed by atoms with Gasteiger partial charge in [0.25, 0.3) is 5.91 Å². The van der Waals surface area contributed by atoms with Gasteiger partial charge in [-0.25, -0.2) is 0 Å². The first-order valence-electron chi connectivity index (χ1n) is 9.96. The first-order chi connectivity index (χ1) is 14.1. The van der Waals surface area contributed by atoms with Crippen LogP contribution in [0.15, 0.2) is 42.5 Å². The van der Waals surface area contributed by atoms with Crippen LogP contribution in [0.1, 0.15) is 22.3 Å². The average Bonchev–Trinajstić information content (AvgIpc) is 2.74. The summed E-state index contributed by atoms with van der Waals surface area (Å²) in [6, 6.07) is 13.7. The van der Waals surface area contributed by atoms with Crippen molar-refractivity contribution >= 4 is 23.2 Å². The van der Waals surface area contributed by atoms with E-state index in [0.717, 1.165) is 45.7 Å². The molecule has 3 rings (SSSR count). The lowest BCUT2D eigenvalue weighted by atomic mass is 10.1. The molecule has 1 saturated heterocycles. The van der Waals surface area contributed by atoms with Crippen LogP contribution in [0.3, 0.4) is 0 Å². The highest BCUT2D eigenvalue weighted by Gasteiger charge is 2.17. The number of ether oxygens (including phenoxy) is 1. The molecule has 0 bridgehead atoms. The Balaban J connectivity index is 1.37. The number of nitrogens with two attached hydrogens (primary N) is 1. The lowest BCUT2D eigenvalue weighted by Crippen LogP contribution is -2.46. The molecule has 1 aliphatic rings. The Morgan fingerprint density at radius 1 is 1.14 bits per heavy atom. The maximum Gasteiger partial charge on any atom is 0.255 e. The smallest absolute Gasteiger partial charge is 0.255 e. The molecule has 0 unspecified atom stereocenters. The fourth-order valence-corrected chi connectivity index (χ4v) is 3.69.